The van der Waals surface area contributed by atoms with Crippen molar-refractivity contribution in [3.05, 3.63) is 70.5 Å². The average Bonchev–Trinajstić information content (AvgIpc) is 2.52. The van der Waals surface area contributed by atoms with Gasteiger partial charge in [-0.05, 0) is 35.4 Å². The van der Waals surface area contributed by atoms with Crippen molar-refractivity contribution in [2.45, 2.75) is 6.54 Å². The van der Waals surface area contributed by atoms with Crippen molar-refractivity contribution in [2.75, 3.05) is 7.11 Å². The second-order valence-electron chi connectivity index (χ2n) is 4.54. The third-order valence-electron chi connectivity index (χ3n) is 3.01. The van der Waals surface area contributed by atoms with E-state index in [-0.39, 0.29) is 11.7 Å². The molecule has 0 saturated heterocycles. The Bertz CT molecular complexity index is 701. The van der Waals surface area contributed by atoms with Crippen LogP contribution in [0.25, 0.3) is 6.08 Å². The second-order valence-corrected chi connectivity index (χ2v) is 4.94. The number of benzene rings is 2. The Kier molecular flexibility index (Phi) is 5.55. The van der Waals surface area contributed by atoms with E-state index in [2.05, 4.69) is 5.32 Å². The number of hydrogen-bond donors (Lipinski definition) is 1. The normalized spacial score (nSPS) is 10.7. The van der Waals surface area contributed by atoms with Crippen molar-refractivity contribution >= 4 is 23.6 Å². The van der Waals surface area contributed by atoms with Gasteiger partial charge in [0.1, 0.15) is 0 Å². The van der Waals surface area contributed by atoms with Gasteiger partial charge >= 0.3 is 0 Å². The summed E-state index contributed by atoms with van der Waals surface area (Å²) in [5, 5.41) is 3.32. The molecule has 0 aliphatic carbocycles. The van der Waals surface area contributed by atoms with E-state index in [9.17, 15) is 9.18 Å². The number of methoxy groups -OCH3 is 1. The Labute approximate surface area is 133 Å². The van der Waals surface area contributed by atoms with Crippen LogP contribution < -0.4 is 10.1 Å². The highest BCUT2D eigenvalue weighted by Crippen LogP contribution is 2.18. The Morgan fingerprint density at radius 2 is 2.09 bits per heavy atom. The highest BCUT2D eigenvalue weighted by atomic mass is 35.5. The number of rotatable bonds is 5. The zero-order valence-electron chi connectivity index (χ0n) is 12.0. The highest BCUT2D eigenvalue weighted by molar-refractivity contribution is 6.31. The molecule has 2 aromatic rings. The molecule has 1 amide bonds. The first-order chi connectivity index (χ1) is 10.6. The standard InChI is InChI=1S/C17H15ClFNO2/c1-22-16-8-6-12(10-15(16)19)7-9-17(21)20-11-13-4-2-3-5-14(13)18/h2-10H,11H2,1H3,(H,20,21)/b9-7+. The first kappa shape index (κ1) is 16.0. The van der Waals surface area contributed by atoms with Gasteiger partial charge in [-0.2, -0.15) is 0 Å². The zero-order valence-corrected chi connectivity index (χ0v) is 12.7. The van der Waals surface area contributed by atoms with Crippen molar-refractivity contribution in [2.24, 2.45) is 0 Å². The minimum Gasteiger partial charge on any atom is -0.494 e. The van der Waals surface area contributed by atoms with Crippen LogP contribution in [0, 0.1) is 5.82 Å². The van der Waals surface area contributed by atoms with Gasteiger partial charge in [0.05, 0.1) is 7.11 Å². The summed E-state index contributed by atoms with van der Waals surface area (Å²) in [4.78, 5) is 11.7. The van der Waals surface area contributed by atoms with E-state index in [0.29, 0.717) is 17.1 Å². The topological polar surface area (TPSA) is 38.3 Å². The van der Waals surface area contributed by atoms with Gasteiger partial charge in [-0.1, -0.05) is 35.9 Å². The zero-order chi connectivity index (χ0) is 15.9. The van der Waals surface area contributed by atoms with Crippen LogP contribution in [-0.4, -0.2) is 13.0 Å². The third kappa shape index (κ3) is 4.33. The van der Waals surface area contributed by atoms with E-state index in [1.54, 1.807) is 12.1 Å². The molecule has 114 valence electrons. The smallest absolute Gasteiger partial charge is 0.244 e. The lowest BCUT2D eigenvalue weighted by Crippen LogP contribution is -2.20. The molecule has 0 aliphatic heterocycles. The maximum Gasteiger partial charge on any atom is 0.244 e. The average molecular weight is 320 g/mol. The lowest BCUT2D eigenvalue weighted by molar-refractivity contribution is -0.116. The fourth-order valence-corrected chi connectivity index (χ4v) is 2.04. The molecule has 0 radical (unpaired) electrons. The van der Waals surface area contributed by atoms with E-state index >= 15 is 0 Å². The Morgan fingerprint density at radius 1 is 1.32 bits per heavy atom. The molecule has 5 heteroatoms. The largest absolute Gasteiger partial charge is 0.494 e. The quantitative estimate of drug-likeness (QED) is 0.851. The summed E-state index contributed by atoms with van der Waals surface area (Å²) < 4.78 is 18.3. The van der Waals surface area contributed by atoms with Crippen LogP contribution >= 0.6 is 11.6 Å². The molecule has 0 atom stereocenters. The van der Waals surface area contributed by atoms with Gasteiger partial charge in [0.25, 0.3) is 0 Å². The molecule has 1 N–H and O–H groups in total. The van der Waals surface area contributed by atoms with Crippen LogP contribution in [0.1, 0.15) is 11.1 Å². The molecule has 2 rings (SSSR count). The Hall–Kier alpha value is -2.33. The van der Waals surface area contributed by atoms with Crippen LogP contribution in [0.5, 0.6) is 5.75 Å². The molecule has 0 spiro atoms. The molecule has 0 aromatic heterocycles. The predicted octanol–water partition coefficient (Wildman–Crippen LogP) is 3.82. The molecule has 0 unspecified atom stereocenters. The van der Waals surface area contributed by atoms with Gasteiger partial charge < -0.3 is 10.1 Å². The lowest BCUT2D eigenvalue weighted by atomic mass is 10.2. The summed E-state index contributed by atoms with van der Waals surface area (Å²) >= 11 is 6.00. The van der Waals surface area contributed by atoms with Crippen molar-refractivity contribution < 1.29 is 13.9 Å². The van der Waals surface area contributed by atoms with E-state index in [0.717, 1.165) is 5.56 Å². The fraction of sp³-hybridized carbons (Fsp3) is 0.118. The van der Waals surface area contributed by atoms with Crippen molar-refractivity contribution in [3.63, 3.8) is 0 Å². The van der Waals surface area contributed by atoms with Crippen molar-refractivity contribution in [1.29, 1.82) is 0 Å². The maximum atomic E-state index is 13.5. The summed E-state index contributed by atoms with van der Waals surface area (Å²) in [5.41, 5.74) is 1.41. The van der Waals surface area contributed by atoms with E-state index in [1.807, 2.05) is 18.2 Å². The number of hydrogen-bond acceptors (Lipinski definition) is 2. The summed E-state index contributed by atoms with van der Waals surface area (Å²) in [6.45, 7) is 0.333. The Morgan fingerprint density at radius 3 is 2.77 bits per heavy atom. The second kappa shape index (κ2) is 7.61. The molecule has 2 aromatic carbocycles. The first-order valence-corrected chi connectivity index (χ1v) is 7.01. The van der Waals surface area contributed by atoms with E-state index in [4.69, 9.17) is 16.3 Å². The van der Waals surface area contributed by atoms with Crippen LogP contribution in [0.4, 0.5) is 4.39 Å². The molecule has 0 fully saturated rings. The SMILES string of the molecule is COc1ccc(/C=C/C(=O)NCc2ccccc2Cl)cc1F. The van der Waals surface area contributed by atoms with E-state index in [1.165, 1.54) is 31.4 Å². The van der Waals surface area contributed by atoms with Crippen LogP contribution in [-0.2, 0) is 11.3 Å². The number of amides is 1. The molecule has 22 heavy (non-hydrogen) atoms. The highest BCUT2D eigenvalue weighted by Gasteiger charge is 2.03. The number of ether oxygens (including phenoxy) is 1. The van der Waals surface area contributed by atoms with Crippen LogP contribution in [0.3, 0.4) is 0 Å². The minimum absolute atomic E-state index is 0.167. The maximum absolute atomic E-state index is 13.5. The molecule has 3 nitrogen and oxygen atoms in total. The summed E-state index contributed by atoms with van der Waals surface area (Å²) in [7, 11) is 1.40. The number of carbonyl (C=O) groups excluding carboxylic acids is 1. The molecule has 0 bridgehead atoms. The number of halogens is 2. The monoisotopic (exact) mass is 319 g/mol. The Balaban J connectivity index is 1.94. The predicted molar refractivity (Wildman–Crippen MR) is 85.3 cm³/mol. The lowest BCUT2D eigenvalue weighted by Gasteiger charge is -2.04. The van der Waals surface area contributed by atoms with Gasteiger partial charge in [0.2, 0.25) is 5.91 Å². The minimum atomic E-state index is -0.471. The summed E-state index contributed by atoms with van der Waals surface area (Å²) in [6.07, 6.45) is 2.88. The molecular formula is C17H15ClFNO2. The van der Waals surface area contributed by atoms with Crippen LogP contribution in [0.15, 0.2) is 48.5 Å². The van der Waals surface area contributed by atoms with Gasteiger partial charge in [0, 0.05) is 17.6 Å². The molecule has 0 aliphatic rings. The summed E-state index contributed by atoms with van der Waals surface area (Å²) in [5.74, 6) is -0.586. The van der Waals surface area contributed by atoms with Gasteiger partial charge in [-0.15, -0.1) is 0 Å². The molecular weight excluding hydrogens is 305 g/mol. The molecule has 0 saturated carbocycles. The van der Waals surface area contributed by atoms with Crippen molar-refractivity contribution in [3.8, 4) is 5.75 Å². The first-order valence-electron chi connectivity index (χ1n) is 6.63. The fourth-order valence-electron chi connectivity index (χ4n) is 1.84. The summed E-state index contributed by atoms with van der Waals surface area (Å²) in [6, 6.07) is 11.8. The van der Waals surface area contributed by atoms with Gasteiger partial charge in [-0.25, -0.2) is 4.39 Å². The number of nitrogens with one attached hydrogen (secondary N) is 1. The van der Waals surface area contributed by atoms with Gasteiger partial charge in [0.15, 0.2) is 11.6 Å². The molecule has 0 heterocycles. The van der Waals surface area contributed by atoms with Crippen LogP contribution in [0.2, 0.25) is 5.02 Å². The third-order valence-corrected chi connectivity index (χ3v) is 3.38. The van der Waals surface area contributed by atoms with Crippen molar-refractivity contribution in [1.82, 2.24) is 5.32 Å². The van der Waals surface area contributed by atoms with Gasteiger partial charge in [-0.3, -0.25) is 4.79 Å². The number of carbonyl (C=O) groups is 1. The van der Waals surface area contributed by atoms with E-state index < -0.39 is 5.82 Å².